The number of aliphatic carboxylic acids is 1. The van der Waals surface area contributed by atoms with Crippen LogP contribution in [0, 0.1) is 50.2 Å². The van der Waals surface area contributed by atoms with Crippen molar-refractivity contribution in [1.82, 2.24) is 0 Å². The fourth-order valence-electron chi connectivity index (χ4n) is 11.4. The second kappa shape index (κ2) is 10.6. The van der Waals surface area contributed by atoms with E-state index in [2.05, 4.69) is 47.6 Å². The predicted molar refractivity (Wildman–Crippen MR) is 164 cm³/mol. The summed E-state index contributed by atoms with van der Waals surface area (Å²) in [6.07, 6.45) is 9.78. The third-order valence-electron chi connectivity index (χ3n) is 14.2. The second-order valence-corrected chi connectivity index (χ2v) is 16.8. The fraction of sp³-hybridized carbons (Fsp3) is 0.861. The number of aliphatic hydroxyl groups is 1. The van der Waals surface area contributed by atoms with Crippen LogP contribution in [0.15, 0.2) is 11.6 Å². The number of fused-ring (bicyclic) bond motifs is 7. The van der Waals surface area contributed by atoms with Crippen molar-refractivity contribution in [2.75, 3.05) is 6.61 Å². The Bertz CT molecular complexity index is 1190. The van der Waals surface area contributed by atoms with Gasteiger partial charge in [0, 0.05) is 11.8 Å². The first-order chi connectivity index (χ1) is 19.9. The summed E-state index contributed by atoms with van der Waals surface area (Å²) in [5.41, 5.74) is 0.149. The lowest BCUT2D eigenvalue weighted by Gasteiger charge is -2.71. The Morgan fingerprint density at radius 3 is 2.26 bits per heavy atom. The maximum Gasteiger partial charge on any atom is 0.334 e. The molecule has 0 saturated heterocycles. The normalized spacial score (nSPS) is 45.7. The van der Waals surface area contributed by atoms with Gasteiger partial charge in [-0.3, -0.25) is 9.59 Å². The quantitative estimate of drug-likeness (QED) is 0.247. The molecule has 5 rings (SSSR count). The molecule has 0 radical (unpaired) electrons. The molecule has 0 aromatic rings. The first-order valence-corrected chi connectivity index (χ1v) is 16.9. The number of hydrogen-bond acceptors (Lipinski definition) is 6. The Morgan fingerprint density at radius 1 is 0.953 bits per heavy atom. The number of carbonyl (C=O) groups excluding carboxylic acids is 2. The van der Waals surface area contributed by atoms with Gasteiger partial charge in [-0.05, 0) is 111 Å². The van der Waals surface area contributed by atoms with E-state index >= 15 is 0 Å². The molecule has 0 bridgehead atoms. The predicted octanol–water partition coefficient (Wildman–Crippen LogP) is 7.10. The third-order valence-corrected chi connectivity index (χ3v) is 14.2. The molecule has 2 unspecified atom stereocenters. The van der Waals surface area contributed by atoms with Crippen LogP contribution in [-0.2, 0) is 23.9 Å². The van der Waals surface area contributed by atoms with E-state index in [4.69, 9.17) is 9.47 Å². The molecule has 242 valence electrons. The van der Waals surface area contributed by atoms with E-state index in [0.29, 0.717) is 18.8 Å². The van der Waals surface area contributed by atoms with Gasteiger partial charge < -0.3 is 19.7 Å². The Hall–Kier alpha value is -1.89. The lowest BCUT2D eigenvalue weighted by molar-refractivity contribution is -0.229. The second-order valence-electron chi connectivity index (χ2n) is 16.8. The number of esters is 2. The van der Waals surface area contributed by atoms with E-state index in [-0.39, 0.29) is 46.1 Å². The zero-order valence-corrected chi connectivity index (χ0v) is 27.9. The average molecular weight is 601 g/mol. The van der Waals surface area contributed by atoms with Crippen LogP contribution in [0.1, 0.15) is 126 Å². The molecule has 0 aromatic heterocycles. The van der Waals surface area contributed by atoms with Crippen LogP contribution in [-0.4, -0.2) is 46.9 Å². The summed E-state index contributed by atoms with van der Waals surface area (Å²) in [4.78, 5) is 37.9. The van der Waals surface area contributed by atoms with Crippen molar-refractivity contribution >= 4 is 17.9 Å². The smallest absolute Gasteiger partial charge is 0.334 e. The summed E-state index contributed by atoms with van der Waals surface area (Å²) >= 11 is 0. The molecule has 7 nitrogen and oxygen atoms in total. The van der Waals surface area contributed by atoms with E-state index < -0.39 is 35.0 Å². The van der Waals surface area contributed by atoms with E-state index in [9.17, 15) is 24.6 Å². The molecular formula is C36H56O7. The van der Waals surface area contributed by atoms with E-state index in [1.54, 1.807) is 6.92 Å². The summed E-state index contributed by atoms with van der Waals surface area (Å²) in [5.74, 6) is -0.883. The van der Waals surface area contributed by atoms with Crippen molar-refractivity contribution in [2.24, 2.45) is 50.2 Å². The Balaban J connectivity index is 1.54. The van der Waals surface area contributed by atoms with Crippen LogP contribution in [0.2, 0.25) is 0 Å². The highest BCUT2D eigenvalue weighted by Gasteiger charge is 2.70. The largest absolute Gasteiger partial charge is 0.481 e. The fourth-order valence-corrected chi connectivity index (χ4v) is 11.4. The SMILES string of the molecule is CCC(=O)OC[C@@]1(C)C2CC[C@]3(C)C(CC=C4[C@@H]5CC(C)(C)CC[C@]5(C(=O)O)CC[C@]43C)[C@@]2(C)CC[C@@H]1OC(=O)[C@@H](C)O. The van der Waals surface area contributed by atoms with Gasteiger partial charge >= 0.3 is 17.9 Å². The van der Waals surface area contributed by atoms with Crippen LogP contribution in [0.25, 0.3) is 0 Å². The van der Waals surface area contributed by atoms with Crippen LogP contribution in [0.5, 0.6) is 0 Å². The minimum absolute atomic E-state index is 0.00127. The van der Waals surface area contributed by atoms with E-state index in [1.807, 2.05) is 0 Å². The Labute approximate surface area is 258 Å². The molecule has 43 heavy (non-hydrogen) atoms. The van der Waals surface area contributed by atoms with Crippen LogP contribution >= 0.6 is 0 Å². The van der Waals surface area contributed by atoms with Gasteiger partial charge in [0.25, 0.3) is 0 Å². The molecule has 0 aromatic carbocycles. The van der Waals surface area contributed by atoms with Crippen molar-refractivity contribution in [3.63, 3.8) is 0 Å². The monoisotopic (exact) mass is 600 g/mol. The van der Waals surface area contributed by atoms with Crippen molar-refractivity contribution in [3.8, 4) is 0 Å². The molecule has 0 aliphatic heterocycles. The molecule has 10 atom stereocenters. The number of carbonyl (C=O) groups is 3. The molecule has 4 saturated carbocycles. The van der Waals surface area contributed by atoms with Gasteiger partial charge in [-0.1, -0.05) is 60.1 Å². The van der Waals surface area contributed by atoms with Crippen molar-refractivity contribution in [1.29, 1.82) is 0 Å². The topological polar surface area (TPSA) is 110 Å². The molecule has 2 N–H and O–H groups in total. The van der Waals surface area contributed by atoms with Crippen molar-refractivity contribution < 1.29 is 34.1 Å². The third kappa shape index (κ3) is 4.72. The van der Waals surface area contributed by atoms with Gasteiger partial charge in [0.15, 0.2) is 0 Å². The van der Waals surface area contributed by atoms with E-state index in [1.165, 1.54) is 12.5 Å². The summed E-state index contributed by atoms with van der Waals surface area (Å²) in [6.45, 7) is 17.5. The number of ether oxygens (including phenoxy) is 2. The van der Waals surface area contributed by atoms with Gasteiger partial charge in [0.05, 0.1) is 5.41 Å². The molecular weight excluding hydrogens is 544 g/mol. The number of hydrogen-bond donors (Lipinski definition) is 2. The maximum absolute atomic E-state index is 12.9. The van der Waals surface area contributed by atoms with Gasteiger partial charge in [-0.15, -0.1) is 0 Å². The van der Waals surface area contributed by atoms with Gasteiger partial charge in [0.2, 0.25) is 0 Å². The number of rotatable bonds is 6. The van der Waals surface area contributed by atoms with Crippen molar-refractivity contribution in [2.45, 2.75) is 138 Å². The molecule has 7 heteroatoms. The Morgan fingerprint density at radius 2 is 1.63 bits per heavy atom. The minimum Gasteiger partial charge on any atom is -0.481 e. The standard InChI is InChI=1S/C36H56O7/c1-9-28(38)42-21-33(6)25-12-15-35(8)26(32(25,5)14-13-27(33)43-29(39)22(2)37)11-10-23-24-20-31(3,4)16-18-36(24,30(40)41)19-17-34(23,35)7/h10,22,24-27,37H,9,11-21H2,1-8H3,(H,40,41)/t22-,24+,25?,26?,27+,32+,33+,34-,35-,36+/m1/s1. The molecule has 4 fully saturated rings. The summed E-state index contributed by atoms with van der Waals surface area (Å²) in [7, 11) is 0. The highest BCUT2D eigenvalue weighted by molar-refractivity contribution is 5.77. The highest BCUT2D eigenvalue weighted by Crippen LogP contribution is 2.76. The Kier molecular flexibility index (Phi) is 8.01. The molecule has 0 heterocycles. The van der Waals surface area contributed by atoms with Crippen LogP contribution in [0.3, 0.4) is 0 Å². The summed E-state index contributed by atoms with van der Waals surface area (Å²) in [5, 5.41) is 20.6. The van der Waals surface area contributed by atoms with Crippen LogP contribution in [0.4, 0.5) is 0 Å². The van der Waals surface area contributed by atoms with Gasteiger partial charge in [-0.2, -0.15) is 0 Å². The maximum atomic E-state index is 12.9. The van der Waals surface area contributed by atoms with Crippen molar-refractivity contribution in [3.05, 3.63) is 11.6 Å². The lowest BCUT2D eigenvalue weighted by atomic mass is 9.33. The molecule has 5 aliphatic rings. The molecule has 0 spiro atoms. The number of carboxylic acids is 1. The highest BCUT2D eigenvalue weighted by atomic mass is 16.6. The average Bonchev–Trinajstić information content (AvgIpc) is 2.93. The van der Waals surface area contributed by atoms with Crippen LogP contribution < -0.4 is 0 Å². The zero-order valence-electron chi connectivity index (χ0n) is 27.9. The summed E-state index contributed by atoms with van der Waals surface area (Å²) in [6, 6.07) is 0. The minimum atomic E-state index is -1.21. The number of allylic oxidation sites excluding steroid dienone is 2. The summed E-state index contributed by atoms with van der Waals surface area (Å²) < 4.78 is 11.8. The lowest BCUT2D eigenvalue weighted by Crippen LogP contribution is -2.66. The first-order valence-electron chi connectivity index (χ1n) is 16.9. The van der Waals surface area contributed by atoms with Gasteiger partial charge in [0.1, 0.15) is 18.8 Å². The van der Waals surface area contributed by atoms with Gasteiger partial charge in [-0.25, -0.2) is 4.79 Å². The molecule has 0 amide bonds. The zero-order chi connectivity index (χ0) is 31.8. The van der Waals surface area contributed by atoms with E-state index in [0.717, 1.165) is 57.8 Å². The number of aliphatic hydroxyl groups excluding tert-OH is 1. The first kappa shape index (κ1) is 32.5. The number of carboxylic acid groups (broad SMARTS) is 1. The molecule has 5 aliphatic carbocycles.